The molecule has 108 valence electrons. The highest BCUT2D eigenvalue weighted by Gasteiger charge is 2.38. The molecule has 7 nitrogen and oxygen atoms in total. The molecule has 0 unspecified atom stereocenters. The van der Waals surface area contributed by atoms with Crippen LogP contribution in [0.3, 0.4) is 0 Å². The Morgan fingerprint density at radius 1 is 1.50 bits per heavy atom. The monoisotopic (exact) mass is 278 g/mol. The van der Waals surface area contributed by atoms with Gasteiger partial charge in [0.1, 0.15) is 13.1 Å². The molecular formula is C13H18N4O3. The number of methoxy groups -OCH3 is 1. The summed E-state index contributed by atoms with van der Waals surface area (Å²) in [5, 5.41) is 17.3. The minimum Gasteiger partial charge on any atom is -0.383 e. The van der Waals surface area contributed by atoms with E-state index < -0.39 is 5.92 Å². The lowest BCUT2D eigenvalue weighted by molar-refractivity contribution is -0.134. The number of carbonyl (C=O) groups excluding carboxylic acids is 2. The summed E-state index contributed by atoms with van der Waals surface area (Å²) in [7, 11) is 1.56. The summed E-state index contributed by atoms with van der Waals surface area (Å²) in [5.74, 6) is -0.890. The molecule has 0 N–H and O–H groups in total. The average molecular weight is 278 g/mol. The largest absolute Gasteiger partial charge is 0.383 e. The molecule has 1 rings (SSSR count). The summed E-state index contributed by atoms with van der Waals surface area (Å²) >= 11 is 0. The summed E-state index contributed by atoms with van der Waals surface area (Å²) in [6.07, 6.45) is 0.125. The van der Waals surface area contributed by atoms with Crippen molar-refractivity contribution in [2.45, 2.75) is 19.4 Å². The fraction of sp³-hybridized carbons (Fsp3) is 0.692. The van der Waals surface area contributed by atoms with Crippen LogP contribution in [-0.4, -0.2) is 61.0 Å². The fourth-order valence-electron chi connectivity index (χ4n) is 2.29. The van der Waals surface area contributed by atoms with Crippen LogP contribution >= 0.6 is 0 Å². The molecule has 2 atom stereocenters. The number of nitriles is 2. The first-order valence-electron chi connectivity index (χ1n) is 6.36. The lowest BCUT2D eigenvalue weighted by atomic mass is 10.1. The van der Waals surface area contributed by atoms with Crippen LogP contribution in [0.5, 0.6) is 0 Å². The number of hydrogen-bond acceptors (Lipinski definition) is 5. The summed E-state index contributed by atoms with van der Waals surface area (Å²) in [4.78, 5) is 26.9. The second-order valence-electron chi connectivity index (χ2n) is 4.76. The van der Waals surface area contributed by atoms with Crippen molar-refractivity contribution >= 4 is 11.8 Å². The first-order chi connectivity index (χ1) is 9.54. The molecule has 2 amide bonds. The SMILES string of the molecule is COC[C@H](C)N1C[C@H](C(=O)N(CC#N)CC#N)CC1=O. The van der Waals surface area contributed by atoms with E-state index in [1.165, 1.54) is 4.90 Å². The molecule has 0 radical (unpaired) electrons. The molecule has 1 saturated heterocycles. The molecule has 1 fully saturated rings. The second-order valence-corrected chi connectivity index (χ2v) is 4.76. The molecule has 7 heteroatoms. The lowest BCUT2D eigenvalue weighted by Gasteiger charge is -2.25. The highest BCUT2D eigenvalue weighted by Crippen LogP contribution is 2.22. The minimum absolute atomic E-state index is 0.0920. The average Bonchev–Trinajstić information content (AvgIpc) is 2.80. The van der Waals surface area contributed by atoms with Gasteiger partial charge in [-0.1, -0.05) is 0 Å². The third-order valence-electron chi connectivity index (χ3n) is 3.28. The van der Waals surface area contributed by atoms with Crippen LogP contribution in [0.1, 0.15) is 13.3 Å². The number of likely N-dealkylation sites (tertiary alicyclic amines) is 1. The van der Waals surface area contributed by atoms with E-state index in [0.717, 1.165) is 0 Å². The van der Waals surface area contributed by atoms with Crippen LogP contribution < -0.4 is 0 Å². The highest BCUT2D eigenvalue weighted by molar-refractivity contribution is 5.89. The molecule has 0 aliphatic carbocycles. The summed E-state index contributed by atoms with van der Waals surface area (Å²) in [5.41, 5.74) is 0. The van der Waals surface area contributed by atoms with Crippen molar-refractivity contribution in [3.63, 3.8) is 0 Å². The van der Waals surface area contributed by atoms with E-state index >= 15 is 0 Å². The number of carbonyl (C=O) groups is 2. The number of hydrogen-bond donors (Lipinski definition) is 0. The van der Waals surface area contributed by atoms with Gasteiger partial charge in [-0.25, -0.2) is 0 Å². The Hall–Kier alpha value is -2.12. The van der Waals surface area contributed by atoms with Gasteiger partial charge in [0.25, 0.3) is 0 Å². The molecular weight excluding hydrogens is 260 g/mol. The van der Waals surface area contributed by atoms with Crippen molar-refractivity contribution in [2.24, 2.45) is 5.92 Å². The molecule has 1 aliphatic rings. The van der Waals surface area contributed by atoms with Crippen LogP contribution in [0.4, 0.5) is 0 Å². The molecule has 0 bridgehead atoms. The molecule has 1 heterocycles. The molecule has 0 aromatic heterocycles. The van der Waals surface area contributed by atoms with Crippen molar-refractivity contribution in [1.82, 2.24) is 9.80 Å². The van der Waals surface area contributed by atoms with E-state index in [1.807, 2.05) is 19.1 Å². The Labute approximate surface area is 118 Å². The smallest absolute Gasteiger partial charge is 0.229 e. The van der Waals surface area contributed by atoms with Gasteiger partial charge in [-0.15, -0.1) is 0 Å². The zero-order chi connectivity index (χ0) is 15.1. The van der Waals surface area contributed by atoms with Gasteiger partial charge >= 0.3 is 0 Å². The summed E-state index contributed by atoms with van der Waals surface area (Å²) in [6, 6.07) is 3.62. The maximum absolute atomic E-state index is 12.2. The maximum Gasteiger partial charge on any atom is 0.229 e. The predicted molar refractivity (Wildman–Crippen MR) is 69.0 cm³/mol. The Kier molecular flexibility index (Phi) is 5.95. The van der Waals surface area contributed by atoms with E-state index in [-0.39, 0.29) is 37.4 Å². The van der Waals surface area contributed by atoms with Crippen LogP contribution in [0.15, 0.2) is 0 Å². The van der Waals surface area contributed by atoms with E-state index in [2.05, 4.69) is 0 Å². The normalized spacial score (nSPS) is 19.3. The van der Waals surface area contributed by atoms with Gasteiger partial charge in [-0.3, -0.25) is 9.59 Å². The molecule has 0 aromatic carbocycles. The Morgan fingerprint density at radius 3 is 2.60 bits per heavy atom. The van der Waals surface area contributed by atoms with Gasteiger partial charge in [0.05, 0.1) is 30.7 Å². The third kappa shape index (κ3) is 3.69. The number of ether oxygens (including phenoxy) is 1. The van der Waals surface area contributed by atoms with Crippen LogP contribution in [0.2, 0.25) is 0 Å². The van der Waals surface area contributed by atoms with Gasteiger partial charge in [-0.2, -0.15) is 10.5 Å². The zero-order valence-corrected chi connectivity index (χ0v) is 11.7. The van der Waals surface area contributed by atoms with Crippen molar-refractivity contribution < 1.29 is 14.3 Å². The summed E-state index contributed by atoms with van der Waals surface area (Å²) in [6.45, 7) is 2.31. The Morgan fingerprint density at radius 2 is 2.10 bits per heavy atom. The van der Waals surface area contributed by atoms with Gasteiger partial charge in [-0.05, 0) is 6.92 Å². The van der Waals surface area contributed by atoms with E-state index in [4.69, 9.17) is 15.3 Å². The van der Waals surface area contributed by atoms with E-state index in [0.29, 0.717) is 13.2 Å². The molecule has 0 spiro atoms. The maximum atomic E-state index is 12.2. The van der Waals surface area contributed by atoms with Gasteiger partial charge < -0.3 is 14.5 Å². The van der Waals surface area contributed by atoms with Crippen LogP contribution in [0, 0.1) is 28.6 Å². The van der Waals surface area contributed by atoms with Crippen LogP contribution in [0.25, 0.3) is 0 Å². The quantitative estimate of drug-likeness (QED) is 0.624. The Balaban J connectivity index is 2.70. The van der Waals surface area contributed by atoms with E-state index in [9.17, 15) is 9.59 Å². The van der Waals surface area contributed by atoms with Crippen molar-refractivity contribution in [3.05, 3.63) is 0 Å². The number of amides is 2. The third-order valence-corrected chi connectivity index (χ3v) is 3.28. The standard InChI is InChI=1S/C13H18N4O3/c1-10(9-20-2)17-8-11(7-12(17)18)13(19)16(5-3-14)6-4-15/h10-11H,5-9H2,1-2H3/t10-,11+/m0/s1. The first kappa shape index (κ1) is 15.9. The van der Waals surface area contributed by atoms with Crippen LogP contribution in [-0.2, 0) is 14.3 Å². The molecule has 20 heavy (non-hydrogen) atoms. The molecule has 1 aliphatic heterocycles. The van der Waals surface area contributed by atoms with Crippen molar-refractivity contribution in [2.75, 3.05) is 33.4 Å². The lowest BCUT2D eigenvalue weighted by Crippen LogP contribution is -2.40. The number of rotatable bonds is 6. The van der Waals surface area contributed by atoms with E-state index in [1.54, 1.807) is 12.0 Å². The van der Waals surface area contributed by atoms with Gasteiger partial charge in [0.15, 0.2) is 0 Å². The van der Waals surface area contributed by atoms with Crippen molar-refractivity contribution in [1.29, 1.82) is 10.5 Å². The fourth-order valence-corrected chi connectivity index (χ4v) is 2.29. The minimum atomic E-state index is -0.483. The van der Waals surface area contributed by atoms with Crippen molar-refractivity contribution in [3.8, 4) is 12.1 Å². The number of nitrogens with zero attached hydrogens (tertiary/aromatic N) is 4. The van der Waals surface area contributed by atoms with Gasteiger partial charge in [0, 0.05) is 20.1 Å². The highest BCUT2D eigenvalue weighted by atomic mass is 16.5. The zero-order valence-electron chi connectivity index (χ0n) is 11.7. The molecule has 0 aromatic rings. The summed E-state index contributed by atoms with van der Waals surface area (Å²) < 4.78 is 5.01. The van der Waals surface area contributed by atoms with Gasteiger partial charge in [0.2, 0.25) is 11.8 Å². The first-order valence-corrected chi connectivity index (χ1v) is 6.36. The predicted octanol–water partition coefficient (Wildman–Crippen LogP) is -0.254. The topological polar surface area (TPSA) is 97.4 Å². The molecule has 0 saturated carbocycles. The Bertz CT molecular complexity index is 436. The second kappa shape index (κ2) is 7.46.